The highest BCUT2D eigenvalue weighted by Gasteiger charge is 2.27. The van der Waals surface area contributed by atoms with Gasteiger partial charge in [0, 0.05) is 5.02 Å². The van der Waals surface area contributed by atoms with E-state index in [1.54, 1.807) is 0 Å². The van der Waals surface area contributed by atoms with Gasteiger partial charge >= 0.3 is 0 Å². The number of halogens is 1. The molecule has 3 heteroatoms. The zero-order chi connectivity index (χ0) is 13.2. The minimum absolute atomic E-state index is 0.0663. The number of hydrogen-bond donors (Lipinski definition) is 2. The van der Waals surface area contributed by atoms with E-state index in [1.807, 2.05) is 36.4 Å². The minimum atomic E-state index is -0.583. The van der Waals surface area contributed by atoms with Crippen LogP contribution < -0.4 is 5.32 Å². The van der Waals surface area contributed by atoms with Crippen LogP contribution in [0.4, 0.5) is 0 Å². The summed E-state index contributed by atoms with van der Waals surface area (Å²) >= 11 is 6.00. The molecular weight excluding hydrogens is 258 g/mol. The second-order valence-corrected chi connectivity index (χ2v) is 5.32. The minimum Gasteiger partial charge on any atom is -0.386 e. The quantitative estimate of drug-likeness (QED) is 0.880. The van der Waals surface area contributed by atoms with Gasteiger partial charge in [-0.05, 0) is 41.8 Å². The summed E-state index contributed by atoms with van der Waals surface area (Å²) in [6.45, 7) is 0.888. The zero-order valence-corrected chi connectivity index (χ0v) is 11.3. The van der Waals surface area contributed by atoms with Gasteiger partial charge in [-0.2, -0.15) is 0 Å². The lowest BCUT2D eigenvalue weighted by Gasteiger charge is -2.31. The average Bonchev–Trinajstić information content (AvgIpc) is 2.46. The lowest BCUT2D eigenvalue weighted by Crippen LogP contribution is -2.33. The summed E-state index contributed by atoms with van der Waals surface area (Å²) in [7, 11) is 0. The molecule has 1 heterocycles. The third-order valence-corrected chi connectivity index (χ3v) is 3.89. The smallest absolute Gasteiger partial charge is 0.0985 e. The van der Waals surface area contributed by atoms with Crippen LogP contribution in [0.5, 0.6) is 0 Å². The third kappa shape index (κ3) is 2.52. The van der Waals surface area contributed by atoms with Gasteiger partial charge in [-0.15, -0.1) is 0 Å². The molecule has 0 amide bonds. The van der Waals surface area contributed by atoms with E-state index in [0.29, 0.717) is 5.02 Å². The standard InChI is InChI=1S/C16H16ClNO/c17-13-6-3-5-12(10-13)16(19)15-14-7-2-1-4-11(14)8-9-18-15/h1-7,10,15-16,18-19H,8-9H2. The van der Waals surface area contributed by atoms with Crippen LogP contribution in [0.25, 0.3) is 0 Å². The van der Waals surface area contributed by atoms with Crippen molar-refractivity contribution in [1.29, 1.82) is 0 Å². The molecule has 2 atom stereocenters. The van der Waals surface area contributed by atoms with Gasteiger partial charge in [0.1, 0.15) is 0 Å². The second kappa shape index (κ2) is 5.33. The molecule has 3 rings (SSSR count). The number of aliphatic hydroxyl groups excluding tert-OH is 1. The van der Waals surface area contributed by atoms with E-state index < -0.39 is 6.10 Å². The summed E-state index contributed by atoms with van der Waals surface area (Å²) in [5.74, 6) is 0. The fourth-order valence-corrected chi connectivity index (χ4v) is 2.90. The Morgan fingerprint density at radius 1 is 1.16 bits per heavy atom. The van der Waals surface area contributed by atoms with Crippen molar-refractivity contribution in [2.24, 2.45) is 0 Å². The van der Waals surface area contributed by atoms with E-state index in [2.05, 4.69) is 17.4 Å². The molecule has 0 aromatic heterocycles. The molecule has 2 nitrogen and oxygen atoms in total. The maximum Gasteiger partial charge on any atom is 0.0985 e. The highest BCUT2D eigenvalue weighted by Crippen LogP contribution is 2.33. The molecule has 1 aliphatic rings. The van der Waals surface area contributed by atoms with Crippen molar-refractivity contribution in [2.75, 3.05) is 6.54 Å². The van der Waals surface area contributed by atoms with Gasteiger partial charge in [-0.1, -0.05) is 48.0 Å². The number of benzene rings is 2. The Morgan fingerprint density at radius 2 is 2.00 bits per heavy atom. The summed E-state index contributed by atoms with van der Waals surface area (Å²) in [6.07, 6.45) is 0.426. The van der Waals surface area contributed by atoms with E-state index in [1.165, 1.54) is 11.1 Å². The first kappa shape index (κ1) is 12.7. The normalized spacial score (nSPS) is 19.8. The highest BCUT2D eigenvalue weighted by molar-refractivity contribution is 6.30. The molecule has 2 unspecified atom stereocenters. The largest absolute Gasteiger partial charge is 0.386 e. The number of rotatable bonds is 2. The molecule has 98 valence electrons. The Bertz CT molecular complexity index is 584. The molecule has 1 aliphatic heterocycles. The van der Waals surface area contributed by atoms with Crippen LogP contribution in [0, 0.1) is 0 Å². The number of fused-ring (bicyclic) bond motifs is 1. The molecular formula is C16H16ClNO. The topological polar surface area (TPSA) is 32.3 Å². The maximum atomic E-state index is 10.6. The molecule has 0 spiro atoms. The Balaban J connectivity index is 1.95. The molecule has 0 bridgehead atoms. The summed E-state index contributed by atoms with van der Waals surface area (Å²) in [5, 5.41) is 14.6. The Labute approximate surface area is 118 Å². The van der Waals surface area contributed by atoms with Crippen molar-refractivity contribution in [3.63, 3.8) is 0 Å². The molecule has 19 heavy (non-hydrogen) atoms. The van der Waals surface area contributed by atoms with Gasteiger partial charge < -0.3 is 10.4 Å². The monoisotopic (exact) mass is 273 g/mol. The predicted molar refractivity (Wildman–Crippen MR) is 77.3 cm³/mol. The van der Waals surface area contributed by atoms with Crippen LogP contribution in [-0.4, -0.2) is 11.7 Å². The number of nitrogens with one attached hydrogen (secondary N) is 1. The first-order valence-corrected chi connectivity index (χ1v) is 6.88. The van der Waals surface area contributed by atoms with E-state index in [0.717, 1.165) is 18.5 Å². The maximum absolute atomic E-state index is 10.6. The van der Waals surface area contributed by atoms with Gasteiger partial charge in [0.25, 0.3) is 0 Å². The molecule has 2 N–H and O–H groups in total. The molecule has 0 aliphatic carbocycles. The number of aliphatic hydroxyl groups is 1. The molecule has 0 saturated carbocycles. The van der Waals surface area contributed by atoms with Crippen LogP contribution in [0.15, 0.2) is 48.5 Å². The molecule has 0 radical (unpaired) electrons. The van der Waals surface area contributed by atoms with Crippen molar-refractivity contribution in [2.45, 2.75) is 18.6 Å². The molecule has 0 fully saturated rings. The van der Waals surface area contributed by atoms with Crippen LogP contribution in [0.2, 0.25) is 5.02 Å². The highest BCUT2D eigenvalue weighted by atomic mass is 35.5. The fraction of sp³-hybridized carbons (Fsp3) is 0.250. The van der Waals surface area contributed by atoms with Crippen LogP contribution in [0.3, 0.4) is 0 Å². The van der Waals surface area contributed by atoms with E-state index in [9.17, 15) is 5.11 Å². The second-order valence-electron chi connectivity index (χ2n) is 4.88. The Kier molecular flexibility index (Phi) is 3.56. The van der Waals surface area contributed by atoms with Gasteiger partial charge in [-0.3, -0.25) is 0 Å². The Hall–Kier alpha value is -1.35. The average molecular weight is 274 g/mol. The first-order chi connectivity index (χ1) is 9.25. The Morgan fingerprint density at radius 3 is 2.84 bits per heavy atom. The first-order valence-electron chi connectivity index (χ1n) is 6.50. The summed E-state index contributed by atoms with van der Waals surface area (Å²) in [5.41, 5.74) is 3.34. The fourth-order valence-electron chi connectivity index (χ4n) is 2.70. The lowest BCUT2D eigenvalue weighted by molar-refractivity contribution is 0.125. The van der Waals surface area contributed by atoms with Gasteiger partial charge in [0.15, 0.2) is 0 Å². The summed E-state index contributed by atoms with van der Waals surface area (Å²) in [4.78, 5) is 0. The van der Waals surface area contributed by atoms with Crippen molar-refractivity contribution < 1.29 is 5.11 Å². The van der Waals surface area contributed by atoms with Gasteiger partial charge in [0.2, 0.25) is 0 Å². The van der Waals surface area contributed by atoms with E-state index in [4.69, 9.17) is 11.6 Å². The molecule has 0 saturated heterocycles. The lowest BCUT2D eigenvalue weighted by atomic mass is 9.88. The van der Waals surface area contributed by atoms with Crippen molar-refractivity contribution in [3.8, 4) is 0 Å². The summed E-state index contributed by atoms with van der Waals surface area (Å²) in [6, 6.07) is 15.6. The van der Waals surface area contributed by atoms with Gasteiger partial charge in [0.05, 0.1) is 12.1 Å². The SMILES string of the molecule is OC(c1cccc(Cl)c1)C1NCCc2ccccc21. The van der Waals surface area contributed by atoms with Crippen molar-refractivity contribution in [1.82, 2.24) is 5.32 Å². The van der Waals surface area contributed by atoms with Crippen LogP contribution in [-0.2, 0) is 6.42 Å². The molecule has 2 aromatic rings. The van der Waals surface area contributed by atoms with Gasteiger partial charge in [-0.25, -0.2) is 0 Å². The predicted octanol–water partition coefficient (Wildman–Crippen LogP) is 3.26. The van der Waals surface area contributed by atoms with Crippen molar-refractivity contribution in [3.05, 3.63) is 70.2 Å². The van der Waals surface area contributed by atoms with Crippen LogP contribution >= 0.6 is 11.6 Å². The molecule has 2 aromatic carbocycles. The third-order valence-electron chi connectivity index (χ3n) is 3.65. The van der Waals surface area contributed by atoms with E-state index in [-0.39, 0.29) is 6.04 Å². The van der Waals surface area contributed by atoms with E-state index >= 15 is 0 Å². The summed E-state index contributed by atoms with van der Waals surface area (Å²) < 4.78 is 0. The zero-order valence-electron chi connectivity index (χ0n) is 10.5. The van der Waals surface area contributed by atoms with Crippen molar-refractivity contribution >= 4 is 11.6 Å². The number of hydrogen-bond acceptors (Lipinski definition) is 2. The van der Waals surface area contributed by atoms with Crippen LogP contribution in [0.1, 0.15) is 28.8 Å².